The molecule has 0 spiro atoms. The van der Waals surface area contributed by atoms with Crippen LogP contribution in [0, 0.1) is 12.1 Å². The first-order chi connectivity index (χ1) is 21.8. The van der Waals surface area contributed by atoms with Gasteiger partial charge in [-0.1, -0.05) is 84.9 Å². The van der Waals surface area contributed by atoms with Crippen molar-refractivity contribution in [1.29, 1.82) is 0 Å². The van der Waals surface area contributed by atoms with Crippen LogP contribution in [0.25, 0.3) is 77.2 Å². The van der Waals surface area contributed by atoms with E-state index in [2.05, 4.69) is 155 Å². The molecule has 3 heteroatoms. The lowest BCUT2D eigenvalue weighted by atomic mass is 10.0. The maximum absolute atomic E-state index is 4.70. The first-order valence-corrected chi connectivity index (χ1v) is 14.8. The van der Waals surface area contributed by atoms with E-state index in [-0.39, 0.29) is 0 Å². The number of para-hydroxylation sites is 3. The van der Waals surface area contributed by atoms with E-state index in [0.29, 0.717) is 0 Å². The van der Waals surface area contributed by atoms with Gasteiger partial charge in [0.15, 0.2) is 0 Å². The van der Waals surface area contributed by atoms with Crippen molar-refractivity contribution in [3.8, 4) is 33.6 Å². The van der Waals surface area contributed by atoms with Crippen molar-refractivity contribution in [3.05, 3.63) is 164 Å². The summed E-state index contributed by atoms with van der Waals surface area (Å²) in [5.74, 6) is 0. The van der Waals surface area contributed by atoms with Gasteiger partial charge in [0.2, 0.25) is 0 Å². The Morgan fingerprint density at radius 1 is 0.432 bits per heavy atom. The molecule has 0 fully saturated rings. The van der Waals surface area contributed by atoms with Crippen molar-refractivity contribution >= 4 is 43.6 Å². The molecule has 0 saturated carbocycles. The molecule has 6 aromatic carbocycles. The topological polar surface area (TPSA) is 22.8 Å². The minimum Gasteiger partial charge on any atom is -0.309 e. The van der Waals surface area contributed by atoms with E-state index in [9.17, 15) is 0 Å². The summed E-state index contributed by atoms with van der Waals surface area (Å²) in [7, 11) is 0. The first kappa shape index (κ1) is 24.5. The number of rotatable bonds is 4. The molecule has 0 aliphatic heterocycles. The van der Waals surface area contributed by atoms with Crippen LogP contribution in [0.2, 0.25) is 0 Å². The predicted molar refractivity (Wildman–Crippen MR) is 181 cm³/mol. The normalized spacial score (nSPS) is 11.5. The van der Waals surface area contributed by atoms with Crippen molar-refractivity contribution in [2.24, 2.45) is 0 Å². The summed E-state index contributed by atoms with van der Waals surface area (Å²) in [6, 6.07) is 56.0. The van der Waals surface area contributed by atoms with E-state index in [4.69, 9.17) is 4.98 Å². The third kappa shape index (κ3) is 3.75. The van der Waals surface area contributed by atoms with Crippen LogP contribution in [0.4, 0.5) is 0 Å². The molecule has 9 rings (SSSR count). The molecule has 0 amide bonds. The molecule has 0 aliphatic carbocycles. The highest BCUT2D eigenvalue weighted by Crippen LogP contribution is 2.35. The molecule has 3 nitrogen and oxygen atoms in total. The van der Waals surface area contributed by atoms with E-state index < -0.39 is 0 Å². The van der Waals surface area contributed by atoms with Crippen molar-refractivity contribution in [2.45, 2.75) is 0 Å². The van der Waals surface area contributed by atoms with Crippen LogP contribution in [0.3, 0.4) is 0 Å². The van der Waals surface area contributed by atoms with Crippen LogP contribution < -0.4 is 0 Å². The number of pyridine rings is 1. The molecule has 0 aliphatic rings. The summed E-state index contributed by atoms with van der Waals surface area (Å²) in [6.07, 6.45) is 3.90. The third-order valence-electron chi connectivity index (χ3n) is 8.63. The number of benzene rings is 5. The third-order valence-corrected chi connectivity index (χ3v) is 8.63. The summed E-state index contributed by atoms with van der Waals surface area (Å²) in [4.78, 5) is 4.70. The second kappa shape index (κ2) is 9.73. The lowest BCUT2D eigenvalue weighted by Crippen LogP contribution is -1.95. The standard InChI is InChI=1S/C41H25N3/c1-5-19-38-34(15-1)35-16-2-6-20-39(35)43(38)32-13-9-11-28(24-32)30-23-31(27-42-26-30)29-12-10-14-33(25-29)44-40-21-7-3-17-36(40)37-18-4-8-22-41(37)44/h1-7,9-21,23-27H. The Labute approximate surface area is 254 Å². The van der Waals surface area contributed by atoms with Crippen LogP contribution in [0.15, 0.2) is 152 Å². The van der Waals surface area contributed by atoms with Crippen LogP contribution in [-0.4, -0.2) is 14.1 Å². The molecular weight excluding hydrogens is 534 g/mol. The minimum atomic E-state index is 1.03. The zero-order valence-electron chi connectivity index (χ0n) is 23.8. The van der Waals surface area contributed by atoms with Crippen LogP contribution in [0.5, 0.6) is 0 Å². The molecule has 0 N–H and O–H groups in total. The molecule has 0 radical (unpaired) electrons. The van der Waals surface area contributed by atoms with Crippen molar-refractivity contribution < 1.29 is 0 Å². The van der Waals surface area contributed by atoms with E-state index in [1.54, 1.807) is 0 Å². The fourth-order valence-corrected chi connectivity index (χ4v) is 6.67. The molecule has 9 aromatic rings. The molecule has 0 bridgehead atoms. The summed E-state index contributed by atoms with van der Waals surface area (Å²) in [6.45, 7) is 0. The average Bonchev–Trinajstić information content (AvgIpc) is 3.62. The van der Waals surface area contributed by atoms with Gasteiger partial charge in [0.25, 0.3) is 0 Å². The van der Waals surface area contributed by atoms with Gasteiger partial charge in [-0.05, 0) is 77.9 Å². The molecule has 3 heterocycles. The molecule has 0 saturated heterocycles. The second-order valence-corrected chi connectivity index (χ2v) is 11.2. The molecule has 0 unspecified atom stereocenters. The van der Waals surface area contributed by atoms with Gasteiger partial charge in [0.1, 0.15) is 5.52 Å². The first-order valence-electron chi connectivity index (χ1n) is 14.8. The smallest absolute Gasteiger partial charge is 0.105 e. The average molecular weight is 560 g/mol. The summed E-state index contributed by atoms with van der Waals surface area (Å²) in [5, 5.41) is 4.91. The number of aromatic nitrogens is 3. The molecular formula is C41H25N3. The maximum atomic E-state index is 4.70. The van der Waals surface area contributed by atoms with Gasteiger partial charge in [-0.2, -0.15) is 0 Å². The van der Waals surface area contributed by atoms with Gasteiger partial charge >= 0.3 is 0 Å². The van der Waals surface area contributed by atoms with Gasteiger partial charge in [0.05, 0.1) is 16.6 Å². The minimum absolute atomic E-state index is 1.03. The molecule has 3 aromatic heterocycles. The van der Waals surface area contributed by atoms with Crippen LogP contribution in [-0.2, 0) is 0 Å². The number of hydrogen-bond donors (Lipinski definition) is 0. The second-order valence-electron chi connectivity index (χ2n) is 11.2. The van der Waals surface area contributed by atoms with Gasteiger partial charge < -0.3 is 9.13 Å². The van der Waals surface area contributed by atoms with E-state index >= 15 is 0 Å². The summed E-state index contributed by atoms with van der Waals surface area (Å²) < 4.78 is 4.63. The molecule has 44 heavy (non-hydrogen) atoms. The van der Waals surface area contributed by atoms with Gasteiger partial charge in [-0.15, -0.1) is 0 Å². The highest BCUT2D eigenvalue weighted by atomic mass is 15.0. The van der Waals surface area contributed by atoms with Crippen LogP contribution >= 0.6 is 0 Å². The summed E-state index contributed by atoms with van der Waals surface area (Å²) in [5.41, 5.74) is 11.2. The number of nitrogens with zero attached hydrogens (tertiary/aromatic N) is 3. The Bertz CT molecular complexity index is 2230. The Morgan fingerprint density at radius 3 is 1.57 bits per heavy atom. The zero-order chi connectivity index (χ0) is 29.0. The highest BCUT2D eigenvalue weighted by Gasteiger charge is 2.14. The Kier molecular flexibility index (Phi) is 5.41. The summed E-state index contributed by atoms with van der Waals surface area (Å²) >= 11 is 0. The van der Waals surface area contributed by atoms with Gasteiger partial charge in [-0.3, -0.25) is 4.98 Å². The van der Waals surface area contributed by atoms with Crippen molar-refractivity contribution in [3.63, 3.8) is 0 Å². The predicted octanol–water partition coefficient (Wildman–Crippen LogP) is 10.2. The van der Waals surface area contributed by atoms with Crippen LogP contribution in [0.1, 0.15) is 0 Å². The Hall–Kier alpha value is -6.11. The van der Waals surface area contributed by atoms with E-state index in [1.807, 2.05) is 18.5 Å². The van der Waals surface area contributed by atoms with Gasteiger partial charge in [-0.25, -0.2) is 0 Å². The zero-order valence-corrected chi connectivity index (χ0v) is 23.8. The maximum Gasteiger partial charge on any atom is 0.105 e. The lowest BCUT2D eigenvalue weighted by Gasteiger charge is -2.12. The van der Waals surface area contributed by atoms with Crippen molar-refractivity contribution in [1.82, 2.24) is 14.1 Å². The van der Waals surface area contributed by atoms with Gasteiger partial charge in [0, 0.05) is 56.4 Å². The Morgan fingerprint density at radius 2 is 0.955 bits per heavy atom. The lowest BCUT2D eigenvalue weighted by molar-refractivity contribution is 1.18. The quantitative estimate of drug-likeness (QED) is 0.210. The highest BCUT2D eigenvalue weighted by molar-refractivity contribution is 6.10. The Balaban J connectivity index is 1.15. The fourth-order valence-electron chi connectivity index (χ4n) is 6.67. The SMILES string of the molecule is c1ccc2c3ccccc3n(-c3cccc(-c4cncc(-c5cccc(-n6c7ccccc7c7ccccc76)c5)c4)c3)c2c#1. The number of fused-ring (bicyclic) bond motifs is 6. The monoisotopic (exact) mass is 559 g/mol. The fraction of sp³-hybridized carbons (Fsp3) is 0. The van der Waals surface area contributed by atoms with E-state index in [1.165, 1.54) is 32.6 Å². The largest absolute Gasteiger partial charge is 0.309 e. The van der Waals surface area contributed by atoms with Crippen molar-refractivity contribution in [2.75, 3.05) is 0 Å². The number of hydrogen-bond acceptors (Lipinski definition) is 1. The molecule has 0 atom stereocenters. The molecule has 204 valence electrons. The van der Waals surface area contributed by atoms with E-state index in [0.717, 1.165) is 44.7 Å².